The Kier molecular flexibility index (Phi) is 308. The van der Waals surface area contributed by atoms with Crippen LogP contribution >= 0.6 is 0 Å². The van der Waals surface area contributed by atoms with Gasteiger partial charge >= 0.3 is 57.8 Å². The molecule has 0 aliphatic rings. The van der Waals surface area contributed by atoms with Crippen molar-refractivity contribution in [2.75, 3.05) is 0 Å². The number of hydrogen-bond acceptors (Lipinski definition) is 3. The van der Waals surface area contributed by atoms with Crippen molar-refractivity contribution in [1.29, 1.82) is 0 Å². The normalized spacial score (nSPS) is 0.600. The summed E-state index contributed by atoms with van der Waals surface area (Å²) in [6.45, 7) is 0. The van der Waals surface area contributed by atoms with Crippen LogP contribution in [0.25, 0.3) is 0 Å². The molecule has 0 aliphatic heterocycles. The summed E-state index contributed by atoms with van der Waals surface area (Å²) >= 11 is 0.611. The van der Waals surface area contributed by atoms with Gasteiger partial charge in [0.2, 0.25) is 0 Å². The average molecular weight is 118 g/mol. The van der Waals surface area contributed by atoms with Gasteiger partial charge in [-0.2, -0.15) is 0 Å². The molecule has 0 aromatic heterocycles. The van der Waals surface area contributed by atoms with Gasteiger partial charge in [-0.15, -0.1) is 0 Å². The second kappa shape index (κ2) is 49.1. The van der Waals surface area contributed by atoms with Crippen LogP contribution in [0.15, 0.2) is 0 Å². The van der Waals surface area contributed by atoms with Crippen molar-refractivity contribution >= 4 is 54.0 Å². The third kappa shape index (κ3) is 29.7. The van der Waals surface area contributed by atoms with Gasteiger partial charge in [-0.3, -0.25) is 0 Å². The van der Waals surface area contributed by atoms with Crippen LogP contribution in [0.4, 0.5) is 0 Å². The summed E-state index contributed by atoms with van der Waals surface area (Å²) in [5.41, 5.74) is 0. The van der Waals surface area contributed by atoms with E-state index in [1.165, 1.54) is 0 Å². The molecule has 0 amide bonds. The molecular formula is H3AlCaO3. The molecule has 0 bridgehead atoms. The number of rotatable bonds is 0. The Labute approximate surface area is 68.0 Å². The minimum atomic E-state index is 0. The summed E-state index contributed by atoms with van der Waals surface area (Å²) in [6.07, 6.45) is 0. The Bertz CT molecular complexity index is 6.85. The van der Waals surface area contributed by atoms with E-state index in [0.29, 0.717) is 16.2 Å². The van der Waals surface area contributed by atoms with E-state index in [9.17, 15) is 0 Å². The Balaban J connectivity index is -0.00000000167. The van der Waals surface area contributed by atoms with E-state index in [1.807, 2.05) is 0 Å². The first kappa shape index (κ1) is 31.4. The first-order chi connectivity index (χ1) is 1.00. The molecule has 0 rings (SSSR count). The Morgan fingerprint density at radius 3 is 1.00 bits per heavy atom. The molecule has 3 nitrogen and oxygen atoms in total. The molecule has 0 aliphatic carbocycles. The van der Waals surface area contributed by atoms with Crippen molar-refractivity contribution in [3.8, 4) is 0 Å². The zero-order chi connectivity index (χ0) is 2.00. The minimum absolute atomic E-state index is 0. The van der Waals surface area contributed by atoms with E-state index in [2.05, 4.69) is 0 Å². The van der Waals surface area contributed by atoms with E-state index in [-0.39, 0.29) is 48.7 Å². The average Bonchev–Trinajstić information content (AvgIpc) is 1.00. The summed E-state index contributed by atoms with van der Waals surface area (Å²) < 4.78 is 8.28. The molecule has 0 radical (unpaired) electrons. The molecule has 0 saturated carbocycles. The molecule has 0 aromatic rings. The number of hydrogen-bond donors (Lipinski definition) is 0. The second-order valence-electron chi connectivity index (χ2n) is 0. The van der Waals surface area contributed by atoms with Crippen LogP contribution in [-0.2, 0) is 3.80 Å². The molecule has 26 valence electrons. The molecule has 2 N–H and O–H groups in total. The zero-order valence-electron chi connectivity index (χ0n) is 2.72. The zero-order valence-corrected chi connectivity index (χ0v) is 6.34. The first-order valence-corrected chi connectivity index (χ1v) is 0.866. The molecule has 0 heterocycles. The molecule has 0 spiro atoms. The van der Waals surface area contributed by atoms with Gasteiger partial charge in [-0.25, -0.2) is 0 Å². The monoisotopic (exact) mass is 118 g/mol. The van der Waals surface area contributed by atoms with E-state index < -0.39 is 0 Å². The molecule has 5 heavy (non-hydrogen) atoms. The summed E-state index contributed by atoms with van der Waals surface area (Å²) in [5, 5.41) is 0. The third-order valence-corrected chi connectivity index (χ3v) is 0. The molecule has 0 aromatic carbocycles. The van der Waals surface area contributed by atoms with Gasteiger partial charge < -0.3 is 11.0 Å². The van der Waals surface area contributed by atoms with Crippen molar-refractivity contribution in [2.24, 2.45) is 0 Å². The Hall–Kier alpha value is 1.51. The van der Waals surface area contributed by atoms with Gasteiger partial charge in [0.25, 0.3) is 0 Å². The van der Waals surface area contributed by atoms with Crippen LogP contribution in [0.5, 0.6) is 0 Å². The van der Waals surface area contributed by atoms with Gasteiger partial charge in [0.1, 0.15) is 0 Å². The first-order valence-electron chi connectivity index (χ1n) is 0.289. The maximum atomic E-state index is 8.28. The van der Waals surface area contributed by atoms with Crippen molar-refractivity contribution in [2.45, 2.75) is 0 Å². The van der Waals surface area contributed by atoms with Crippen LogP contribution in [0.3, 0.4) is 0 Å². The molecular weight excluding hydrogens is 115 g/mol. The predicted octanol–water partition coefficient (Wildman–Crippen LogP) is -1.50. The van der Waals surface area contributed by atoms with Crippen LogP contribution in [0.2, 0.25) is 0 Å². The van der Waals surface area contributed by atoms with Crippen molar-refractivity contribution in [3.05, 3.63) is 0 Å². The van der Waals surface area contributed by atoms with Crippen LogP contribution in [0.1, 0.15) is 0 Å². The fourth-order valence-corrected chi connectivity index (χ4v) is 0. The molecule has 0 fully saturated rings. The fourth-order valence-electron chi connectivity index (χ4n) is 0. The molecule has 0 saturated heterocycles. The van der Waals surface area contributed by atoms with Gasteiger partial charge in [0.05, 0.1) is 0 Å². The molecule has 0 atom stereocenters. The van der Waals surface area contributed by atoms with Gasteiger partial charge in [0.15, 0.2) is 0 Å². The maximum absolute atomic E-state index is 8.28. The van der Waals surface area contributed by atoms with Crippen LogP contribution < -0.4 is 0 Å². The van der Waals surface area contributed by atoms with Gasteiger partial charge in [0, 0.05) is 0 Å². The summed E-state index contributed by atoms with van der Waals surface area (Å²) in [5.74, 6) is 0. The topological polar surface area (TPSA) is 77.1 Å². The second-order valence-corrected chi connectivity index (χ2v) is 0. The van der Waals surface area contributed by atoms with Crippen molar-refractivity contribution < 1.29 is 14.8 Å². The van der Waals surface area contributed by atoms with E-state index in [0.717, 1.165) is 0 Å². The quantitative estimate of drug-likeness (QED) is 0.363. The third-order valence-electron chi connectivity index (χ3n) is 0. The summed E-state index contributed by atoms with van der Waals surface area (Å²) in [6, 6.07) is 0. The van der Waals surface area contributed by atoms with Gasteiger partial charge in [-0.05, 0) is 0 Å². The SMILES string of the molecule is [Ca+2].[OH-].[OH-].[O]=[AlH]. The molecule has 0 unspecified atom stereocenters. The molecule has 5 heteroatoms. The Morgan fingerprint density at radius 1 is 1.00 bits per heavy atom. The summed E-state index contributed by atoms with van der Waals surface area (Å²) in [4.78, 5) is 0. The standard InChI is InChI=1S/Al.Ca.2H2O.O.H/h;;2*1H2;;/q;+2;;;;/p-2. The summed E-state index contributed by atoms with van der Waals surface area (Å²) in [7, 11) is 0. The van der Waals surface area contributed by atoms with Crippen molar-refractivity contribution in [1.82, 2.24) is 0 Å². The Morgan fingerprint density at radius 2 is 1.00 bits per heavy atom. The van der Waals surface area contributed by atoms with Crippen molar-refractivity contribution in [3.63, 3.8) is 0 Å². The van der Waals surface area contributed by atoms with Gasteiger partial charge in [-0.1, -0.05) is 0 Å². The van der Waals surface area contributed by atoms with Crippen LogP contribution in [0, 0.1) is 0 Å². The fraction of sp³-hybridized carbons (Fsp3) is 0. The van der Waals surface area contributed by atoms with E-state index >= 15 is 0 Å². The van der Waals surface area contributed by atoms with Crippen LogP contribution in [-0.4, -0.2) is 64.9 Å². The van der Waals surface area contributed by atoms with E-state index in [1.54, 1.807) is 0 Å². The van der Waals surface area contributed by atoms with E-state index in [4.69, 9.17) is 3.80 Å². The predicted molar refractivity (Wildman–Crippen MR) is 17.5 cm³/mol.